The lowest BCUT2D eigenvalue weighted by molar-refractivity contribution is 0.0293. The van der Waals surface area contributed by atoms with Gasteiger partial charge in [-0.2, -0.15) is 0 Å². The highest BCUT2D eigenvalue weighted by molar-refractivity contribution is 7.11. The molecule has 0 spiro atoms. The van der Waals surface area contributed by atoms with Crippen LogP contribution in [0, 0.1) is 5.92 Å². The van der Waals surface area contributed by atoms with Crippen molar-refractivity contribution in [2.45, 2.75) is 53.3 Å². The Hall–Kier alpha value is -0.450. The first-order valence-electron chi connectivity index (χ1n) is 6.34. The zero-order valence-corrected chi connectivity index (χ0v) is 12.3. The van der Waals surface area contributed by atoms with Gasteiger partial charge in [0.25, 0.3) is 0 Å². The van der Waals surface area contributed by atoms with Crippen LogP contribution in [-0.4, -0.2) is 17.6 Å². The van der Waals surface area contributed by atoms with Gasteiger partial charge < -0.3 is 10.1 Å². The molecule has 0 bridgehead atoms. The second kappa shape index (κ2) is 7.09. The van der Waals surface area contributed by atoms with Crippen molar-refractivity contribution in [3.05, 3.63) is 16.1 Å². The van der Waals surface area contributed by atoms with E-state index in [9.17, 15) is 0 Å². The molecule has 1 N–H and O–H groups in total. The summed E-state index contributed by atoms with van der Waals surface area (Å²) in [6, 6.07) is 0.508. The fraction of sp³-hybridized carbons (Fsp3) is 0.769. The molecule has 1 aromatic heterocycles. The van der Waals surface area contributed by atoms with E-state index < -0.39 is 0 Å². The Morgan fingerprint density at radius 3 is 2.59 bits per heavy atom. The number of aromatic nitrogens is 1. The van der Waals surface area contributed by atoms with Crippen LogP contribution in [0.25, 0.3) is 0 Å². The SMILES string of the molecule is CCOC(c1ncc(CNC(C)C)s1)C(C)C. The van der Waals surface area contributed by atoms with Crippen molar-refractivity contribution in [1.29, 1.82) is 0 Å². The molecule has 1 atom stereocenters. The van der Waals surface area contributed by atoms with Crippen molar-refractivity contribution in [2.75, 3.05) is 6.61 Å². The molecule has 1 rings (SSSR count). The van der Waals surface area contributed by atoms with Crippen LogP contribution >= 0.6 is 11.3 Å². The first kappa shape index (κ1) is 14.6. The molecule has 0 saturated carbocycles. The van der Waals surface area contributed by atoms with E-state index in [0.717, 1.165) is 18.2 Å². The van der Waals surface area contributed by atoms with Crippen LogP contribution in [-0.2, 0) is 11.3 Å². The van der Waals surface area contributed by atoms with E-state index in [1.165, 1.54) is 4.88 Å². The Labute approximate surface area is 109 Å². The van der Waals surface area contributed by atoms with Crippen molar-refractivity contribution in [1.82, 2.24) is 10.3 Å². The first-order chi connectivity index (χ1) is 8.04. The summed E-state index contributed by atoms with van der Waals surface area (Å²) in [6.07, 6.45) is 2.10. The van der Waals surface area contributed by atoms with Gasteiger partial charge in [-0.15, -0.1) is 11.3 Å². The van der Waals surface area contributed by atoms with E-state index in [1.807, 2.05) is 13.1 Å². The van der Waals surface area contributed by atoms with Gasteiger partial charge in [-0.05, 0) is 12.8 Å². The van der Waals surface area contributed by atoms with E-state index in [2.05, 4.69) is 38.0 Å². The van der Waals surface area contributed by atoms with Crippen molar-refractivity contribution >= 4 is 11.3 Å². The molecule has 0 radical (unpaired) electrons. The number of rotatable bonds is 7. The maximum absolute atomic E-state index is 5.76. The summed E-state index contributed by atoms with van der Waals surface area (Å²) in [5, 5.41) is 4.50. The minimum absolute atomic E-state index is 0.137. The van der Waals surface area contributed by atoms with Gasteiger partial charge in [0, 0.05) is 30.3 Å². The molecule has 4 heteroatoms. The van der Waals surface area contributed by atoms with Gasteiger partial charge in [0.2, 0.25) is 0 Å². The number of hydrogen-bond acceptors (Lipinski definition) is 4. The lowest BCUT2D eigenvalue weighted by Gasteiger charge is -2.18. The predicted octanol–water partition coefficient (Wildman–Crippen LogP) is 3.37. The second-order valence-corrected chi connectivity index (χ2v) is 5.97. The predicted molar refractivity (Wildman–Crippen MR) is 73.3 cm³/mol. The maximum atomic E-state index is 5.76. The van der Waals surface area contributed by atoms with Crippen LogP contribution < -0.4 is 5.32 Å². The Kier molecular flexibility index (Phi) is 6.09. The van der Waals surface area contributed by atoms with Crippen LogP contribution in [0.3, 0.4) is 0 Å². The summed E-state index contributed by atoms with van der Waals surface area (Å²) in [4.78, 5) is 5.76. The molecule has 0 saturated heterocycles. The summed E-state index contributed by atoms with van der Waals surface area (Å²) in [5.74, 6) is 0.465. The van der Waals surface area contributed by atoms with E-state index >= 15 is 0 Å². The van der Waals surface area contributed by atoms with E-state index in [-0.39, 0.29) is 6.10 Å². The lowest BCUT2D eigenvalue weighted by Crippen LogP contribution is -2.21. The Bertz CT molecular complexity index is 323. The smallest absolute Gasteiger partial charge is 0.122 e. The molecule has 0 aromatic carbocycles. The highest BCUT2D eigenvalue weighted by atomic mass is 32.1. The van der Waals surface area contributed by atoms with Crippen molar-refractivity contribution in [3.8, 4) is 0 Å². The molecule has 98 valence electrons. The fourth-order valence-electron chi connectivity index (χ4n) is 1.57. The van der Waals surface area contributed by atoms with Crippen molar-refractivity contribution in [3.63, 3.8) is 0 Å². The topological polar surface area (TPSA) is 34.1 Å². The molecule has 1 aromatic rings. The van der Waals surface area contributed by atoms with E-state index in [0.29, 0.717) is 12.0 Å². The third kappa shape index (κ3) is 4.74. The number of thiazole rings is 1. The summed E-state index contributed by atoms with van der Waals surface area (Å²) in [5.41, 5.74) is 0. The third-order valence-corrected chi connectivity index (χ3v) is 3.51. The van der Waals surface area contributed by atoms with E-state index in [1.54, 1.807) is 11.3 Å². The highest BCUT2D eigenvalue weighted by Crippen LogP contribution is 2.29. The molecule has 0 aliphatic carbocycles. The van der Waals surface area contributed by atoms with Crippen LogP contribution in [0.4, 0.5) is 0 Å². The monoisotopic (exact) mass is 256 g/mol. The van der Waals surface area contributed by atoms with Crippen LogP contribution in [0.5, 0.6) is 0 Å². The fourth-order valence-corrected chi connectivity index (χ4v) is 2.66. The Morgan fingerprint density at radius 2 is 2.06 bits per heavy atom. The zero-order chi connectivity index (χ0) is 12.8. The van der Waals surface area contributed by atoms with Crippen LogP contribution in [0.15, 0.2) is 6.20 Å². The molecular weight excluding hydrogens is 232 g/mol. The molecule has 0 aliphatic heterocycles. The maximum Gasteiger partial charge on any atom is 0.122 e. The van der Waals surface area contributed by atoms with Gasteiger partial charge in [0.05, 0.1) is 0 Å². The molecule has 0 amide bonds. The standard InChI is InChI=1S/C13H24N2OS/c1-6-16-12(9(2)3)13-15-8-11(17-13)7-14-10(4)5/h8-10,12,14H,6-7H2,1-5H3. The van der Waals surface area contributed by atoms with Gasteiger partial charge in [-0.3, -0.25) is 0 Å². The average Bonchev–Trinajstić information content (AvgIpc) is 2.71. The van der Waals surface area contributed by atoms with Gasteiger partial charge in [0.15, 0.2) is 0 Å². The zero-order valence-electron chi connectivity index (χ0n) is 11.5. The summed E-state index contributed by atoms with van der Waals surface area (Å²) >= 11 is 1.75. The molecule has 0 aliphatic rings. The van der Waals surface area contributed by atoms with Gasteiger partial charge in [-0.25, -0.2) is 4.98 Å². The summed E-state index contributed by atoms with van der Waals surface area (Å²) in [7, 11) is 0. The van der Waals surface area contributed by atoms with Crippen molar-refractivity contribution in [2.24, 2.45) is 5.92 Å². The van der Waals surface area contributed by atoms with Gasteiger partial charge in [-0.1, -0.05) is 27.7 Å². The minimum Gasteiger partial charge on any atom is -0.371 e. The first-order valence-corrected chi connectivity index (χ1v) is 7.15. The van der Waals surface area contributed by atoms with Gasteiger partial charge >= 0.3 is 0 Å². The average molecular weight is 256 g/mol. The molecule has 17 heavy (non-hydrogen) atoms. The molecule has 0 fully saturated rings. The third-order valence-electron chi connectivity index (χ3n) is 2.45. The largest absolute Gasteiger partial charge is 0.371 e. The highest BCUT2D eigenvalue weighted by Gasteiger charge is 2.19. The second-order valence-electron chi connectivity index (χ2n) is 4.82. The van der Waals surface area contributed by atoms with E-state index in [4.69, 9.17) is 4.74 Å². The molecule has 1 heterocycles. The molecule has 1 unspecified atom stereocenters. The van der Waals surface area contributed by atoms with Gasteiger partial charge in [0.1, 0.15) is 11.1 Å². The number of ether oxygens (including phenoxy) is 1. The Morgan fingerprint density at radius 1 is 1.35 bits per heavy atom. The normalized spacial score (nSPS) is 13.6. The summed E-state index contributed by atoms with van der Waals surface area (Å²) < 4.78 is 5.76. The van der Waals surface area contributed by atoms with Crippen molar-refractivity contribution < 1.29 is 4.74 Å². The minimum atomic E-state index is 0.137. The number of nitrogens with zero attached hydrogens (tertiary/aromatic N) is 1. The molecular formula is C13H24N2OS. The number of nitrogens with one attached hydrogen (secondary N) is 1. The van der Waals surface area contributed by atoms with Crippen LogP contribution in [0.1, 0.15) is 50.6 Å². The quantitative estimate of drug-likeness (QED) is 0.812. The lowest BCUT2D eigenvalue weighted by atomic mass is 10.1. The molecule has 3 nitrogen and oxygen atoms in total. The Balaban J connectivity index is 2.64. The number of hydrogen-bond donors (Lipinski definition) is 1. The van der Waals surface area contributed by atoms with Crippen LogP contribution in [0.2, 0.25) is 0 Å². The summed E-state index contributed by atoms with van der Waals surface area (Å²) in [6.45, 7) is 12.3.